The predicted octanol–water partition coefficient (Wildman–Crippen LogP) is 1.47. The van der Waals surface area contributed by atoms with Crippen molar-refractivity contribution in [3.8, 4) is 11.9 Å². The van der Waals surface area contributed by atoms with E-state index in [4.69, 9.17) is 10.00 Å². The Kier molecular flexibility index (Phi) is 3.73. The summed E-state index contributed by atoms with van der Waals surface area (Å²) in [4.78, 5) is 4.07. The number of pyridine rings is 1. The molecule has 1 aliphatic heterocycles. The van der Waals surface area contributed by atoms with Crippen LogP contribution in [0.3, 0.4) is 0 Å². The zero-order chi connectivity index (χ0) is 11.2. The van der Waals surface area contributed by atoms with Crippen LogP contribution in [0.4, 0.5) is 0 Å². The summed E-state index contributed by atoms with van der Waals surface area (Å²) >= 11 is 0. The Bertz CT molecular complexity index is 380. The van der Waals surface area contributed by atoms with Crippen LogP contribution in [0.25, 0.3) is 0 Å². The van der Waals surface area contributed by atoms with Crippen LogP contribution in [0.5, 0.6) is 5.88 Å². The summed E-state index contributed by atoms with van der Waals surface area (Å²) in [5.74, 6) is 0.534. The lowest BCUT2D eigenvalue weighted by molar-refractivity contribution is 0.232. The van der Waals surface area contributed by atoms with Crippen LogP contribution in [0.2, 0.25) is 0 Å². The molecule has 0 unspecified atom stereocenters. The third kappa shape index (κ3) is 2.94. The van der Waals surface area contributed by atoms with Crippen molar-refractivity contribution in [3.63, 3.8) is 0 Å². The number of piperidine rings is 1. The predicted molar refractivity (Wildman–Crippen MR) is 60.1 cm³/mol. The minimum absolute atomic E-state index is 0.418. The molecule has 2 rings (SSSR count). The molecule has 0 aliphatic carbocycles. The molecule has 1 fully saturated rings. The van der Waals surface area contributed by atoms with Crippen molar-refractivity contribution >= 4 is 0 Å². The van der Waals surface area contributed by atoms with E-state index in [1.54, 1.807) is 18.3 Å². The normalized spacial score (nSPS) is 20.1. The summed E-state index contributed by atoms with van der Waals surface area (Å²) in [5.41, 5.74) is 0.585. The van der Waals surface area contributed by atoms with Gasteiger partial charge in [0.2, 0.25) is 5.88 Å². The summed E-state index contributed by atoms with van der Waals surface area (Å²) in [6, 6.07) is 5.83. The van der Waals surface area contributed by atoms with Gasteiger partial charge in [-0.2, -0.15) is 5.26 Å². The first-order chi connectivity index (χ1) is 7.88. The average Bonchev–Trinajstić information content (AvgIpc) is 2.38. The van der Waals surface area contributed by atoms with E-state index in [9.17, 15) is 0 Å². The summed E-state index contributed by atoms with van der Waals surface area (Å²) in [6.07, 6.45) is 5.26. The lowest BCUT2D eigenvalue weighted by atomic mass is 10.1. The molecule has 1 saturated heterocycles. The molecule has 0 spiro atoms. The first-order valence-electron chi connectivity index (χ1n) is 5.61. The molecular weight excluding hydrogens is 202 g/mol. The van der Waals surface area contributed by atoms with E-state index >= 15 is 0 Å². The number of ether oxygens (including phenoxy) is 1. The van der Waals surface area contributed by atoms with Gasteiger partial charge in [0.25, 0.3) is 0 Å². The molecule has 0 bridgehead atoms. The maximum atomic E-state index is 8.73. The van der Waals surface area contributed by atoms with Crippen LogP contribution in [0, 0.1) is 11.3 Å². The average molecular weight is 217 g/mol. The molecule has 1 atom stereocenters. The number of nitrogens with one attached hydrogen (secondary N) is 1. The molecule has 84 valence electrons. The Morgan fingerprint density at radius 2 is 2.50 bits per heavy atom. The lowest BCUT2D eigenvalue weighted by Crippen LogP contribution is -2.38. The smallest absolute Gasteiger partial charge is 0.214 e. The van der Waals surface area contributed by atoms with E-state index in [-0.39, 0.29) is 0 Å². The van der Waals surface area contributed by atoms with Gasteiger partial charge in [-0.05, 0) is 25.5 Å². The van der Waals surface area contributed by atoms with Gasteiger partial charge in [-0.1, -0.05) is 6.42 Å². The van der Waals surface area contributed by atoms with Gasteiger partial charge in [-0.15, -0.1) is 0 Å². The van der Waals surface area contributed by atoms with Gasteiger partial charge >= 0.3 is 0 Å². The fraction of sp³-hybridized carbons (Fsp3) is 0.500. The van der Waals surface area contributed by atoms with Gasteiger partial charge in [0, 0.05) is 18.3 Å². The molecule has 16 heavy (non-hydrogen) atoms. The first kappa shape index (κ1) is 10.9. The van der Waals surface area contributed by atoms with E-state index < -0.39 is 0 Å². The summed E-state index contributed by atoms with van der Waals surface area (Å²) < 4.78 is 5.56. The first-order valence-corrected chi connectivity index (χ1v) is 5.61. The largest absolute Gasteiger partial charge is 0.476 e. The fourth-order valence-electron chi connectivity index (χ4n) is 1.81. The molecule has 1 aromatic heterocycles. The molecule has 1 N–H and O–H groups in total. The van der Waals surface area contributed by atoms with Crippen molar-refractivity contribution in [3.05, 3.63) is 23.9 Å². The van der Waals surface area contributed by atoms with Gasteiger partial charge in [-0.3, -0.25) is 0 Å². The molecule has 4 nitrogen and oxygen atoms in total. The van der Waals surface area contributed by atoms with Gasteiger partial charge in [0.15, 0.2) is 0 Å². The lowest BCUT2D eigenvalue weighted by Gasteiger charge is -2.23. The van der Waals surface area contributed by atoms with E-state index in [2.05, 4.69) is 16.4 Å². The Hall–Kier alpha value is -1.60. The second-order valence-electron chi connectivity index (χ2n) is 3.95. The highest BCUT2D eigenvalue weighted by Gasteiger charge is 2.13. The summed E-state index contributed by atoms with van der Waals surface area (Å²) in [6.45, 7) is 1.70. The topological polar surface area (TPSA) is 57.9 Å². The highest BCUT2D eigenvalue weighted by atomic mass is 16.5. The van der Waals surface area contributed by atoms with Crippen molar-refractivity contribution < 1.29 is 4.74 Å². The van der Waals surface area contributed by atoms with Crippen LogP contribution >= 0.6 is 0 Å². The quantitative estimate of drug-likeness (QED) is 0.833. The molecule has 4 heteroatoms. The minimum Gasteiger partial charge on any atom is -0.476 e. The van der Waals surface area contributed by atoms with E-state index in [0.717, 1.165) is 13.0 Å². The zero-order valence-electron chi connectivity index (χ0n) is 9.15. The van der Waals surface area contributed by atoms with Gasteiger partial charge < -0.3 is 10.1 Å². The van der Waals surface area contributed by atoms with Crippen molar-refractivity contribution in [2.45, 2.75) is 25.3 Å². The fourth-order valence-corrected chi connectivity index (χ4v) is 1.81. The summed E-state index contributed by atoms with van der Waals surface area (Å²) in [7, 11) is 0. The van der Waals surface area contributed by atoms with Crippen LogP contribution in [-0.2, 0) is 0 Å². The molecule has 0 amide bonds. The molecule has 0 saturated carbocycles. The standard InChI is InChI=1S/C12H15N3O/c13-8-10-4-6-15-12(7-10)16-9-11-3-1-2-5-14-11/h4,6-7,11,14H,1-3,5,9H2/t11-/m0/s1. The van der Waals surface area contributed by atoms with Crippen molar-refractivity contribution in [1.29, 1.82) is 5.26 Å². The van der Waals surface area contributed by atoms with E-state index in [0.29, 0.717) is 24.1 Å². The second-order valence-corrected chi connectivity index (χ2v) is 3.95. The summed E-state index contributed by atoms with van der Waals surface area (Å²) in [5, 5.41) is 12.1. The highest BCUT2D eigenvalue weighted by molar-refractivity contribution is 5.31. The van der Waals surface area contributed by atoms with Crippen LogP contribution < -0.4 is 10.1 Å². The number of nitrogens with zero attached hydrogens (tertiary/aromatic N) is 2. The van der Waals surface area contributed by atoms with Crippen molar-refractivity contribution in [2.75, 3.05) is 13.2 Å². The van der Waals surface area contributed by atoms with Gasteiger partial charge in [0.1, 0.15) is 6.61 Å². The third-order valence-corrected chi connectivity index (χ3v) is 2.71. The van der Waals surface area contributed by atoms with Crippen LogP contribution in [0.15, 0.2) is 18.3 Å². The van der Waals surface area contributed by atoms with Crippen LogP contribution in [-0.4, -0.2) is 24.2 Å². The molecular formula is C12H15N3O. The monoisotopic (exact) mass is 217 g/mol. The van der Waals surface area contributed by atoms with Crippen LogP contribution in [0.1, 0.15) is 24.8 Å². The molecule has 1 aromatic rings. The number of hydrogen-bond acceptors (Lipinski definition) is 4. The number of hydrogen-bond donors (Lipinski definition) is 1. The molecule has 0 aromatic carbocycles. The third-order valence-electron chi connectivity index (χ3n) is 2.71. The Morgan fingerprint density at radius 1 is 1.56 bits per heavy atom. The molecule has 0 radical (unpaired) electrons. The number of aromatic nitrogens is 1. The van der Waals surface area contributed by atoms with Crippen molar-refractivity contribution in [2.24, 2.45) is 0 Å². The SMILES string of the molecule is N#Cc1ccnc(OC[C@@H]2CCCCN2)c1. The van der Waals surface area contributed by atoms with Gasteiger partial charge in [0.05, 0.1) is 11.6 Å². The Balaban J connectivity index is 1.86. The Labute approximate surface area is 95.3 Å². The minimum atomic E-state index is 0.418. The maximum absolute atomic E-state index is 8.73. The highest BCUT2D eigenvalue weighted by Crippen LogP contribution is 2.11. The van der Waals surface area contributed by atoms with Gasteiger partial charge in [-0.25, -0.2) is 4.98 Å². The maximum Gasteiger partial charge on any atom is 0.214 e. The second kappa shape index (κ2) is 5.47. The molecule has 1 aliphatic rings. The molecule has 2 heterocycles. The van der Waals surface area contributed by atoms with E-state index in [1.165, 1.54) is 12.8 Å². The Morgan fingerprint density at radius 3 is 3.25 bits per heavy atom. The number of rotatable bonds is 3. The van der Waals surface area contributed by atoms with E-state index in [1.807, 2.05) is 0 Å². The number of nitriles is 1. The zero-order valence-corrected chi connectivity index (χ0v) is 9.15. The van der Waals surface area contributed by atoms with Crippen molar-refractivity contribution in [1.82, 2.24) is 10.3 Å².